The molecule has 1 aliphatic rings. The Kier molecular flexibility index (Phi) is 4.29. The van der Waals surface area contributed by atoms with Crippen LogP contribution in [-0.4, -0.2) is 60.6 Å². The second kappa shape index (κ2) is 5.80. The van der Waals surface area contributed by atoms with Crippen LogP contribution in [0.1, 0.15) is 17.3 Å². The topological polar surface area (TPSA) is 77.9 Å². The molecule has 0 unspecified atom stereocenters. The molecule has 0 atom stereocenters. The minimum Gasteiger partial charge on any atom is -0.508 e. The van der Waals surface area contributed by atoms with Gasteiger partial charge in [0.25, 0.3) is 5.91 Å². The molecule has 0 spiro atoms. The lowest BCUT2D eigenvalue weighted by Crippen LogP contribution is -2.50. The zero-order chi connectivity index (χ0) is 14.8. The molecule has 6 nitrogen and oxygen atoms in total. The zero-order valence-corrected chi connectivity index (χ0v) is 12.1. The second-order valence-corrected chi connectivity index (χ2v) is 6.90. The normalized spacial score (nSPS) is 17.1. The van der Waals surface area contributed by atoms with Crippen molar-refractivity contribution in [3.05, 3.63) is 29.8 Å². The highest BCUT2D eigenvalue weighted by Crippen LogP contribution is 2.15. The van der Waals surface area contributed by atoms with Crippen LogP contribution in [0.5, 0.6) is 5.75 Å². The number of hydrogen-bond donors (Lipinski definition) is 1. The van der Waals surface area contributed by atoms with Crippen molar-refractivity contribution in [2.45, 2.75) is 6.92 Å². The molecule has 110 valence electrons. The molecule has 0 aromatic heterocycles. The van der Waals surface area contributed by atoms with Gasteiger partial charge in [-0.05, 0) is 25.1 Å². The Balaban J connectivity index is 2.02. The lowest BCUT2D eigenvalue weighted by Gasteiger charge is -2.33. The number of phenols is 1. The highest BCUT2D eigenvalue weighted by molar-refractivity contribution is 7.89. The van der Waals surface area contributed by atoms with Crippen molar-refractivity contribution in [2.75, 3.05) is 31.9 Å². The van der Waals surface area contributed by atoms with Crippen LogP contribution in [0.4, 0.5) is 0 Å². The number of aromatic hydroxyl groups is 1. The van der Waals surface area contributed by atoms with E-state index in [1.807, 2.05) is 0 Å². The van der Waals surface area contributed by atoms with Gasteiger partial charge in [0.1, 0.15) is 5.75 Å². The summed E-state index contributed by atoms with van der Waals surface area (Å²) in [5.41, 5.74) is 0.414. The number of rotatable bonds is 3. The van der Waals surface area contributed by atoms with Gasteiger partial charge >= 0.3 is 0 Å². The summed E-state index contributed by atoms with van der Waals surface area (Å²) in [4.78, 5) is 13.8. The summed E-state index contributed by atoms with van der Waals surface area (Å²) in [5.74, 6) is -0.0643. The van der Waals surface area contributed by atoms with E-state index in [9.17, 15) is 18.3 Å². The molecule has 1 aromatic carbocycles. The number of carbonyl (C=O) groups is 1. The number of amides is 1. The fraction of sp³-hybridized carbons (Fsp3) is 0.462. The largest absolute Gasteiger partial charge is 0.508 e. The van der Waals surface area contributed by atoms with Crippen molar-refractivity contribution >= 4 is 15.9 Å². The van der Waals surface area contributed by atoms with Crippen LogP contribution >= 0.6 is 0 Å². The van der Waals surface area contributed by atoms with Crippen LogP contribution < -0.4 is 0 Å². The van der Waals surface area contributed by atoms with E-state index in [4.69, 9.17) is 0 Å². The standard InChI is InChI=1S/C13H18N2O4S/c1-2-20(18,19)15-8-6-14(7-9-15)13(17)11-4-3-5-12(16)10-11/h3-5,10,16H,2,6-9H2,1H3. The summed E-state index contributed by atoms with van der Waals surface area (Å²) >= 11 is 0. The van der Waals surface area contributed by atoms with Crippen LogP contribution in [0.25, 0.3) is 0 Å². The number of benzene rings is 1. The van der Waals surface area contributed by atoms with Gasteiger partial charge in [-0.15, -0.1) is 0 Å². The maximum Gasteiger partial charge on any atom is 0.254 e. The van der Waals surface area contributed by atoms with E-state index in [0.717, 1.165) is 0 Å². The molecule has 0 saturated carbocycles. The van der Waals surface area contributed by atoms with E-state index in [0.29, 0.717) is 31.7 Å². The molecule has 2 rings (SSSR count). The molecule has 1 aromatic rings. The maximum absolute atomic E-state index is 12.2. The second-order valence-electron chi connectivity index (χ2n) is 4.64. The third kappa shape index (κ3) is 3.10. The Morgan fingerprint density at radius 3 is 2.45 bits per heavy atom. The third-order valence-electron chi connectivity index (χ3n) is 3.38. The first kappa shape index (κ1) is 14.8. The maximum atomic E-state index is 12.2. The van der Waals surface area contributed by atoms with E-state index < -0.39 is 10.0 Å². The predicted molar refractivity (Wildman–Crippen MR) is 75.0 cm³/mol. The van der Waals surface area contributed by atoms with Crippen molar-refractivity contribution in [2.24, 2.45) is 0 Å². The fourth-order valence-corrected chi connectivity index (χ4v) is 3.26. The van der Waals surface area contributed by atoms with E-state index in [1.165, 1.54) is 16.4 Å². The monoisotopic (exact) mass is 298 g/mol. The average Bonchev–Trinajstić information content (AvgIpc) is 2.46. The highest BCUT2D eigenvalue weighted by Gasteiger charge is 2.28. The van der Waals surface area contributed by atoms with Gasteiger partial charge in [-0.1, -0.05) is 6.07 Å². The molecule has 1 saturated heterocycles. The number of piperazine rings is 1. The first-order valence-corrected chi connectivity index (χ1v) is 8.11. The lowest BCUT2D eigenvalue weighted by molar-refractivity contribution is 0.0697. The summed E-state index contributed by atoms with van der Waals surface area (Å²) < 4.78 is 24.9. The Morgan fingerprint density at radius 2 is 1.90 bits per heavy atom. The van der Waals surface area contributed by atoms with Gasteiger partial charge in [0, 0.05) is 31.7 Å². The van der Waals surface area contributed by atoms with Gasteiger partial charge in [0.2, 0.25) is 10.0 Å². The molecule has 1 N–H and O–H groups in total. The lowest BCUT2D eigenvalue weighted by atomic mass is 10.2. The molecule has 0 aliphatic carbocycles. The molecule has 1 aliphatic heterocycles. The SMILES string of the molecule is CCS(=O)(=O)N1CCN(C(=O)c2cccc(O)c2)CC1. The quantitative estimate of drug-likeness (QED) is 0.881. The van der Waals surface area contributed by atoms with Crippen LogP contribution in [0.3, 0.4) is 0 Å². The molecule has 1 fully saturated rings. The summed E-state index contributed by atoms with van der Waals surface area (Å²) in [7, 11) is -3.19. The van der Waals surface area contributed by atoms with Crippen molar-refractivity contribution < 1.29 is 18.3 Å². The number of hydrogen-bond acceptors (Lipinski definition) is 4. The average molecular weight is 298 g/mol. The molecule has 1 amide bonds. The summed E-state index contributed by atoms with van der Waals surface area (Å²) in [6.45, 7) is 2.99. The van der Waals surface area contributed by atoms with Crippen LogP contribution in [0.15, 0.2) is 24.3 Å². The third-order valence-corrected chi connectivity index (χ3v) is 5.26. The van der Waals surface area contributed by atoms with Crippen LogP contribution in [0.2, 0.25) is 0 Å². The van der Waals surface area contributed by atoms with Crippen LogP contribution in [-0.2, 0) is 10.0 Å². The van der Waals surface area contributed by atoms with Crippen molar-refractivity contribution in [1.29, 1.82) is 0 Å². The Morgan fingerprint density at radius 1 is 1.25 bits per heavy atom. The minimum atomic E-state index is -3.19. The molecule has 0 radical (unpaired) electrons. The van der Waals surface area contributed by atoms with Gasteiger partial charge in [0.15, 0.2) is 0 Å². The number of phenolic OH excluding ortho intramolecular Hbond substituents is 1. The summed E-state index contributed by atoms with van der Waals surface area (Å²) in [6, 6.07) is 6.16. The van der Waals surface area contributed by atoms with Crippen molar-refractivity contribution in [1.82, 2.24) is 9.21 Å². The smallest absolute Gasteiger partial charge is 0.254 e. The minimum absolute atomic E-state index is 0.0445. The van der Waals surface area contributed by atoms with Gasteiger partial charge in [-0.3, -0.25) is 4.79 Å². The molecule has 7 heteroatoms. The fourth-order valence-electron chi connectivity index (χ4n) is 2.17. The van der Waals surface area contributed by atoms with E-state index in [1.54, 1.807) is 24.0 Å². The number of carbonyl (C=O) groups excluding carboxylic acids is 1. The Labute approximate surface area is 118 Å². The van der Waals surface area contributed by atoms with E-state index >= 15 is 0 Å². The molecular weight excluding hydrogens is 280 g/mol. The first-order chi connectivity index (χ1) is 9.44. The molecule has 20 heavy (non-hydrogen) atoms. The van der Waals surface area contributed by atoms with E-state index in [2.05, 4.69) is 0 Å². The van der Waals surface area contributed by atoms with Gasteiger partial charge in [-0.2, -0.15) is 4.31 Å². The number of nitrogens with zero attached hydrogens (tertiary/aromatic N) is 2. The van der Waals surface area contributed by atoms with Crippen molar-refractivity contribution in [3.8, 4) is 5.75 Å². The molecule has 0 bridgehead atoms. The Hall–Kier alpha value is -1.60. The molecule has 1 heterocycles. The van der Waals surface area contributed by atoms with Gasteiger partial charge in [0.05, 0.1) is 5.75 Å². The number of sulfonamides is 1. The van der Waals surface area contributed by atoms with Crippen molar-refractivity contribution in [3.63, 3.8) is 0 Å². The Bertz CT molecular complexity index is 592. The predicted octanol–water partition coefficient (Wildman–Crippen LogP) is 0.500. The summed E-state index contributed by atoms with van der Waals surface area (Å²) in [6.07, 6.45) is 0. The first-order valence-electron chi connectivity index (χ1n) is 6.50. The zero-order valence-electron chi connectivity index (χ0n) is 11.3. The van der Waals surface area contributed by atoms with Gasteiger partial charge in [-0.25, -0.2) is 8.42 Å². The molecular formula is C13H18N2O4S. The van der Waals surface area contributed by atoms with Gasteiger partial charge < -0.3 is 10.0 Å². The van der Waals surface area contributed by atoms with E-state index in [-0.39, 0.29) is 17.4 Å². The highest BCUT2D eigenvalue weighted by atomic mass is 32.2. The summed E-state index contributed by atoms with van der Waals surface area (Å²) in [5, 5.41) is 9.38. The van der Waals surface area contributed by atoms with Crippen LogP contribution in [0, 0.1) is 0 Å².